The third-order valence-corrected chi connectivity index (χ3v) is 4.85. The van der Waals surface area contributed by atoms with Crippen molar-refractivity contribution in [2.24, 2.45) is 0 Å². The van der Waals surface area contributed by atoms with Gasteiger partial charge in [0.2, 0.25) is 5.91 Å². The van der Waals surface area contributed by atoms with E-state index in [0.717, 1.165) is 0 Å². The van der Waals surface area contributed by atoms with Crippen molar-refractivity contribution in [3.8, 4) is 0 Å². The summed E-state index contributed by atoms with van der Waals surface area (Å²) >= 11 is 11.9. The molecule has 0 radical (unpaired) electrons. The highest BCUT2D eigenvalue weighted by molar-refractivity contribution is 7.85. The van der Waals surface area contributed by atoms with Gasteiger partial charge in [-0.3, -0.25) is 9.00 Å². The first-order valence-corrected chi connectivity index (χ1v) is 8.24. The minimum absolute atomic E-state index is 0.00384. The number of carbonyl (C=O) groups excluding carboxylic acids is 1. The quantitative estimate of drug-likeness (QED) is 0.830. The van der Waals surface area contributed by atoms with Gasteiger partial charge >= 0.3 is 0 Å². The van der Waals surface area contributed by atoms with E-state index < -0.39 is 10.8 Å². The summed E-state index contributed by atoms with van der Waals surface area (Å²) in [5, 5.41) is 3.55. The van der Waals surface area contributed by atoms with E-state index in [-0.39, 0.29) is 5.91 Å². The number of rotatable bonds is 7. The van der Waals surface area contributed by atoms with Crippen LogP contribution in [0.1, 0.15) is 6.42 Å². The van der Waals surface area contributed by atoms with Crippen LogP contribution in [0, 0.1) is 0 Å². The van der Waals surface area contributed by atoms with Gasteiger partial charge in [0, 0.05) is 37.3 Å². The fraction of sp³-hybridized carbons (Fsp3) is 0.462. The summed E-state index contributed by atoms with van der Waals surface area (Å²) in [5.74, 6) is 0.445. The zero-order valence-electron chi connectivity index (χ0n) is 11.5. The number of hydrogen-bond acceptors (Lipinski definition) is 3. The summed E-state index contributed by atoms with van der Waals surface area (Å²) in [6.07, 6.45) is 0.428. The average Bonchev–Trinajstić information content (AvgIpc) is 2.44. The summed E-state index contributed by atoms with van der Waals surface area (Å²) in [5.41, 5.74) is 0. The molecule has 0 saturated heterocycles. The van der Waals surface area contributed by atoms with Gasteiger partial charge in [-0.1, -0.05) is 23.2 Å². The van der Waals surface area contributed by atoms with Gasteiger partial charge in [-0.2, -0.15) is 0 Å². The number of hydrogen-bond donors (Lipinski definition) is 1. The first-order valence-electron chi connectivity index (χ1n) is 6.16. The lowest BCUT2D eigenvalue weighted by Crippen LogP contribution is -2.29. The van der Waals surface area contributed by atoms with Crippen molar-refractivity contribution in [1.29, 1.82) is 0 Å². The standard InChI is InChI=1S/C13H18Cl2N2O2S/c1-16-13(18)5-6-17(2)7-8-20(19)12-9-10(14)3-4-11(12)15/h3-4,9H,5-8H2,1-2H3,(H,16,18). The van der Waals surface area contributed by atoms with Gasteiger partial charge in [0.05, 0.1) is 20.7 Å². The molecule has 1 aromatic carbocycles. The minimum atomic E-state index is -1.20. The van der Waals surface area contributed by atoms with E-state index in [2.05, 4.69) is 5.32 Å². The number of benzene rings is 1. The lowest BCUT2D eigenvalue weighted by molar-refractivity contribution is -0.120. The third-order valence-electron chi connectivity index (χ3n) is 2.80. The van der Waals surface area contributed by atoms with Gasteiger partial charge in [-0.05, 0) is 25.2 Å². The number of nitrogens with zero attached hydrogens (tertiary/aromatic N) is 1. The van der Waals surface area contributed by atoms with Gasteiger partial charge in [-0.25, -0.2) is 0 Å². The molecule has 0 aliphatic heterocycles. The van der Waals surface area contributed by atoms with E-state index in [1.165, 1.54) is 0 Å². The van der Waals surface area contributed by atoms with Crippen molar-refractivity contribution in [3.05, 3.63) is 28.2 Å². The molecule has 1 unspecified atom stereocenters. The molecular weight excluding hydrogens is 319 g/mol. The highest BCUT2D eigenvalue weighted by atomic mass is 35.5. The van der Waals surface area contributed by atoms with Crippen molar-refractivity contribution >= 4 is 39.9 Å². The molecule has 112 valence electrons. The van der Waals surface area contributed by atoms with Gasteiger partial charge in [0.25, 0.3) is 0 Å². The number of carbonyl (C=O) groups is 1. The zero-order valence-corrected chi connectivity index (χ0v) is 13.8. The Morgan fingerprint density at radius 2 is 2.05 bits per heavy atom. The second-order valence-corrected chi connectivity index (χ2v) is 6.73. The Morgan fingerprint density at radius 1 is 1.35 bits per heavy atom. The van der Waals surface area contributed by atoms with Crippen LogP contribution < -0.4 is 5.32 Å². The summed E-state index contributed by atoms with van der Waals surface area (Å²) < 4.78 is 12.2. The van der Waals surface area contributed by atoms with E-state index in [0.29, 0.717) is 40.2 Å². The topological polar surface area (TPSA) is 49.4 Å². The number of nitrogens with one attached hydrogen (secondary N) is 1. The molecular formula is C13H18Cl2N2O2S. The largest absolute Gasteiger partial charge is 0.359 e. The molecule has 4 nitrogen and oxygen atoms in total. The normalized spacial score (nSPS) is 12.4. The Hall–Kier alpha value is -0.620. The van der Waals surface area contributed by atoms with Crippen molar-refractivity contribution in [3.63, 3.8) is 0 Å². The van der Waals surface area contributed by atoms with Crippen molar-refractivity contribution < 1.29 is 9.00 Å². The molecule has 0 bridgehead atoms. The molecule has 1 atom stereocenters. The molecule has 0 spiro atoms. The summed E-state index contributed by atoms with van der Waals surface area (Å²) in [6, 6.07) is 4.94. The zero-order chi connectivity index (χ0) is 15.1. The summed E-state index contributed by atoms with van der Waals surface area (Å²) in [4.78, 5) is 13.6. The molecule has 20 heavy (non-hydrogen) atoms. The molecule has 0 aliphatic rings. The van der Waals surface area contributed by atoms with E-state index in [4.69, 9.17) is 23.2 Å². The molecule has 1 aromatic rings. The SMILES string of the molecule is CNC(=O)CCN(C)CCS(=O)c1cc(Cl)ccc1Cl. The fourth-order valence-electron chi connectivity index (χ4n) is 1.53. The third kappa shape index (κ3) is 5.79. The number of amides is 1. The van der Waals surface area contributed by atoms with E-state index >= 15 is 0 Å². The minimum Gasteiger partial charge on any atom is -0.359 e. The molecule has 0 fully saturated rings. The predicted octanol–water partition coefficient (Wildman–Crippen LogP) is 2.17. The Morgan fingerprint density at radius 3 is 2.70 bits per heavy atom. The molecule has 1 amide bonds. The highest BCUT2D eigenvalue weighted by Crippen LogP contribution is 2.23. The fourth-order valence-corrected chi connectivity index (χ4v) is 3.38. The lowest BCUT2D eigenvalue weighted by atomic mass is 10.4. The van der Waals surface area contributed by atoms with Crippen LogP contribution in [0.3, 0.4) is 0 Å². The second-order valence-electron chi connectivity index (χ2n) is 4.35. The van der Waals surface area contributed by atoms with Crippen LogP contribution in [0.15, 0.2) is 23.1 Å². The first kappa shape index (κ1) is 17.4. The van der Waals surface area contributed by atoms with Gasteiger partial charge in [0.15, 0.2) is 0 Å². The lowest BCUT2D eigenvalue weighted by Gasteiger charge is -2.15. The van der Waals surface area contributed by atoms with Crippen LogP contribution >= 0.6 is 23.2 Å². The Balaban J connectivity index is 2.46. The van der Waals surface area contributed by atoms with E-state index in [9.17, 15) is 9.00 Å². The van der Waals surface area contributed by atoms with Crippen LogP contribution in [0.25, 0.3) is 0 Å². The molecule has 7 heteroatoms. The molecule has 0 saturated carbocycles. The average molecular weight is 337 g/mol. The van der Waals surface area contributed by atoms with Crippen LogP contribution in [-0.4, -0.2) is 48.0 Å². The maximum absolute atomic E-state index is 12.2. The first-order chi connectivity index (χ1) is 9.43. The van der Waals surface area contributed by atoms with Gasteiger partial charge in [-0.15, -0.1) is 0 Å². The van der Waals surface area contributed by atoms with Gasteiger partial charge in [0.1, 0.15) is 0 Å². The van der Waals surface area contributed by atoms with Crippen molar-refractivity contribution in [2.45, 2.75) is 11.3 Å². The Kier molecular flexibility index (Phi) is 7.51. The predicted molar refractivity (Wildman–Crippen MR) is 83.9 cm³/mol. The highest BCUT2D eigenvalue weighted by Gasteiger charge is 2.11. The van der Waals surface area contributed by atoms with E-state index in [1.807, 2.05) is 11.9 Å². The molecule has 0 aliphatic carbocycles. The Bertz CT molecular complexity index is 497. The smallest absolute Gasteiger partial charge is 0.221 e. The second kappa shape index (κ2) is 8.62. The van der Waals surface area contributed by atoms with Crippen molar-refractivity contribution in [2.75, 3.05) is 32.9 Å². The van der Waals surface area contributed by atoms with Crippen LogP contribution in [-0.2, 0) is 15.6 Å². The molecule has 0 heterocycles. The number of halogens is 2. The monoisotopic (exact) mass is 336 g/mol. The van der Waals surface area contributed by atoms with Gasteiger partial charge < -0.3 is 10.2 Å². The maximum atomic E-state index is 12.2. The van der Waals surface area contributed by atoms with E-state index in [1.54, 1.807) is 25.2 Å². The molecule has 1 N–H and O–H groups in total. The van der Waals surface area contributed by atoms with Crippen molar-refractivity contribution in [1.82, 2.24) is 10.2 Å². The Labute approximate surface area is 131 Å². The van der Waals surface area contributed by atoms with Crippen LogP contribution in [0.4, 0.5) is 0 Å². The molecule has 1 rings (SSSR count). The maximum Gasteiger partial charge on any atom is 0.221 e. The summed E-state index contributed by atoms with van der Waals surface area (Å²) in [6.45, 7) is 1.24. The molecule has 0 aromatic heterocycles. The summed E-state index contributed by atoms with van der Waals surface area (Å²) in [7, 11) is 2.30. The van der Waals surface area contributed by atoms with Crippen LogP contribution in [0.5, 0.6) is 0 Å². The van der Waals surface area contributed by atoms with Crippen LogP contribution in [0.2, 0.25) is 10.0 Å².